The van der Waals surface area contributed by atoms with Gasteiger partial charge in [0.05, 0.1) is 0 Å². The Morgan fingerprint density at radius 3 is 2.29 bits per heavy atom. The summed E-state index contributed by atoms with van der Waals surface area (Å²) < 4.78 is 5.79. The first-order chi connectivity index (χ1) is 12.7. The molecule has 1 aromatic carbocycles. The molecule has 2 aliphatic heterocycles. The van der Waals surface area contributed by atoms with Crippen LogP contribution in [0, 0.1) is 5.92 Å². The minimum absolute atomic E-state index is 0. The number of rotatable bonds is 9. The van der Waals surface area contributed by atoms with E-state index in [4.69, 9.17) is 4.74 Å². The molecule has 7 heteroatoms. The fraction of sp³-hybridized carbons (Fsp3) is 0.667. The third-order valence-electron chi connectivity index (χ3n) is 5.75. The molecule has 2 bridgehead atoms. The smallest absolute Gasteiger partial charge is 0.224 e. The fourth-order valence-corrected chi connectivity index (χ4v) is 4.28. The highest BCUT2D eigenvalue weighted by Gasteiger charge is 2.34. The van der Waals surface area contributed by atoms with Gasteiger partial charge in [-0.15, -0.1) is 24.8 Å². The number of amides is 1. The van der Waals surface area contributed by atoms with Gasteiger partial charge in [0.25, 0.3) is 0 Å². The molecule has 2 fully saturated rings. The molecular formula is C21H35Cl2N3O2. The maximum Gasteiger partial charge on any atom is 0.224 e. The molecule has 0 aromatic heterocycles. The number of halogens is 2. The number of nitrogens with one attached hydrogen (secondary N) is 2. The van der Waals surface area contributed by atoms with Gasteiger partial charge in [-0.1, -0.05) is 13.8 Å². The molecule has 160 valence electrons. The average Bonchev–Trinajstić information content (AvgIpc) is 2.98. The minimum atomic E-state index is 0. The predicted molar refractivity (Wildman–Crippen MR) is 120 cm³/mol. The summed E-state index contributed by atoms with van der Waals surface area (Å²) in [5, 5.41) is 6.67. The Morgan fingerprint density at radius 2 is 1.71 bits per heavy atom. The molecule has 1 aromatic rings. The molecule has 1 amide bonds. The second-order valence-electron chi connectivity index (χ2n) is 7.63. The van der Waals surface area contributed by atoms with Gasteiger partial charge in [0.15, 0.2) is 0 Å². The standard InChI is InChI=1S/C21H33N3O2.2ClH/c1-3-24(4-2)11-12-26-20-9-7-17(8-10-20)23-21(25)15-16-13-18-5-6-19(14-16)22-18;;/h7-10,16,18-19,22H,3-6,11-15H2,1-2H3,(H,23,25);2*1H. The Kier molecular flexibility index (Phi) is 11.2. The van der Waals surface area contributed by atoms with Crippen molar-refractivity contribution in [2.24, 2.45) is 5.92 Å². The maximum absolute atomic E-state index is 12.3. The van der Waals surface area contributed by atoms with Crippen LogP contribution in [-0.4, -0.2) is 49.1 Å². The Balaban J connectivity index is 0.00000196. The van der Waals surface area contributed by atoms with Crippen LogP contribution >= 0.6 is 24.8 Å². The Hall–Kier alpha value is -1.01. The fourth-order valence-electron chi connectivity index (χ4n) is 4.28. The van der Waals surface area contributed by atoms with Crippen molar-refractivity contribution in [2.45, 2.75) is 58.0 Å². The summed E-state index contributed by atoms with van der Waals surface area (Å²) in [5.74, 6) is 1.51. The topological polar surface area (TPSA) is 53.6 Å². The van der Waals surface area contributed by atoms with Crippen molar-refractivity contribution in [1.29, 1.82) is 0 Å². The van der Waals surface area contributed by atoms with E-state index < -0.39 is 0 Å². The van der Waals surface area contributed by atoms with E-state index in [9.17, 15) is 4.79 Å². The van der Waals surface area contributed by atoms with Crippen molar-refractivity contribution in [3.8, 4) is 5.75 Å². The van der Waals surface area contributed by atoms with Crippen LogP contribution in [0.2, 0.25) is 0 Å². The van der Waals surface area contributed by atoms with Crippen molar-refractivity contribution >= 4 is 36.4 Å². The van der Waals surface area contributed by atoms with E-state index in [1.807, 2.05) is 24.3 Å². The molecule has 0 spiro atoms. The maximum atomic E-state index is 12.3. The van der Waals surface area contributed by atoms with Crippen molar-refractivity contribution in [2.75, 3.05) is 31.6 Å². The summed E-state index contributed by atoms with van der Waals surface area (Å²) >= 11 is 0. The molecule has 28 heavy (non-hydrogen) atoms. The average molecular weight is 432 g/mol. The molecule has 2 unspecified atom stereocenters. The Morgan fingerprint density at radius 1 is 1.11 bits per heavy atom. The molecule has 2 N–H and O–H groups in total. The van der Waals surface area contributed by atoms with E-state index in [0.717, 1.165) is 43.9 Å². The lowest BCUT2D eigenvalue weighted by atomic mass is 9.89. The number of hydrogen-bond acceptors (Lipinski definition) is 4. The van der Waals surface area contributed by atoms with Gasteiger partial charge < -0.3 is 20.3 Å². The first-order valence-corrected chi connectivity index (χ1v) is 10.2. The number of piperidine rings is 1. The zero-order valence-corrected chi connectivity index (χ0v) is 18.6. The van der Waals surface area contributed by atoms with E-state index in [2.05, 4.69) is 29.4 Å². The summed E-state index contributed by atoms with van der Waals surface area (Å²) in [5.41, 5.74) is 0.850. The molecule has 0 radical (unpaired) electrons. The molecular weight excluding hydrogens is 397 g/mol. The van der Waals surface area contributed by atoms with Crippen molar-refractivity contribution in [3.05, 3.63) is 24.3 Å². The number of fused-ring (bicyclic) bond motifs is 2. The van der Waals surface area contributed by atoms with Crippen LogP contribution < -0.4 is 15.4 Å². The second-order valence-corrected chi connectivity index (χ2v) is 7.63. The van der Waals surface area contributed by atoms with Crippen LogP contribution in [0.1, 0.15) is 46.0 Å². The summed E-state index contributed by atoms with van der Waals surface area (Å²) in [6.07, 6.45) is 5.47. The van der Waals surface area contributed by atoms with E-state index in [1.54, 1.807) is 0 Å². The van der Waals surface area contributed by atoms with Crippen molar-refractivity contribution < 1.29 is 9.53 Å². The number of ether oxygens (including phenoxy) is 1. The van der Waals surface area contributed by atoms with E-state index in [-0.39, 0.29) is 30.7 Å². The zero-order chi connectivity index (χ0) is 18.4. The van der Waals surface area contributed by atoms with E-state index in [1.165, 1.54) is 12.8 Å². The monoisotopic (exact) mass is 431 g/mol. The van der Waals surface area contributed by atoms with Crippen LogP contribution in [0.5, 0.6) is 5.75 Å². The summed E-state index contributed by atoms with van der Waals surface area (Å²) in [7, 11) is 0. The van der Waals surface area contributed by atoms with Gasteiger partial charge in [0, 0.05) is 30.7 Å². The number of benzene rings is 1. The van der Waals surface area contributed by atoms with Gasteiger partial charge in [0.2, 0.25) is 5.91 Å². The normalized spacial score (nSPS) is 22.9. The van der Waals surface area contributed by atoms with Gasteiger partial charge >= 0.3 is 0 Å². The third-order valence-corrected chi connectivity index (χ3v) is 5.75. The third kappa shape index (κ3) is 7.43. The molecule has 2 atom stereocenters. The van der Waals surface area contributed by atoms with Gasteiger partial charge in [-0.05, 0) is 69.0 Å². The largest absolute Gasteiger partial charge is 0.492 e. The lowest BCUT2D eigenvalue weighted by Crippen LogP contribution is -2.39. The van der Waals surface area contributed by atoms with Gasteiger partial charge in [-0.25, -0.2) is 0 Å². The second kappa shape index (κ2) is 12.5. The van der Waals surface area contributed by atoms with Crippen LogP contribution in [0.3, 0.4) is 0 Å². The molecule has 0 saturated carbocycles. The number of anilines is 1. The molecule has 3 rings (SSSR count). The van der Waals surface area contributed by atoms with Crippen LogP contribution in [0.15, 0.2) is 24.3 Å². The lowest BCUT2D eigenvalue weighted by molar-refractivity contribution is -0.117. The predicted octanol–water partition coefficient (Wildman–Crippen LogP) is 4.11. The minimum Gasteiger partial charge on any atom is -0.492 e. The highest BCUT2D eigenvalue weighted by atomic mass is 35.5. The first kappa shape index (κ1) is 25.0. The van der Waals surface area contributed by atoms with Crippen LogP contribution in [-0.2, 0) is 4.79 Å². The SMILES string of the molecule is CCN(CC)CCOc1ccc(NC(=O)CC2CC3CCC(C2)N3)cc1.Cl.Cl. The van der Waals surface area contributed by atoms with Crippen molar-refractivity contribution in [1.82, 2.24) is 10.2 Å². The quantitative estimate of drug-likeness (QED) is 0.617. The van der Waals surface area contributed by atoms with Crippen LogP contribution in [0.4, 0.5) is 5.69 Å². The molecule has 2 aliphatic rings. The number of likely N-dealkylation sites (N-methyl/N-ethyl adjacent to an activating group) is 1. The van der Waals surface area contributed by atoms with Crippen LogP contribution in [0.25, 0.3) is 0 Å². The van der Waals surface area contributed by atoms with E-state index in [0.29, 0.717) is 31.0 Å². The highest BCUT2D eigenvalue weighted by molar-refractivity contribution is 5.90. The zero-order valence-electron chi connectivity index (χ0n) is 17.0. The molecule has 5 nitrogen and oxygen atoms in total. The first-order valence-electron chi connectivity index (χ1n) is 10.2. The lowest BCUT2D eigenvalue weighted by Gasteiger charge is -2.28. The summed E-state index contributed by atoms with van der Waals surface area (Å²) in [6.45, 7) is 8.03. The molecule has 0 aliphatic carbocycles. The number of carbonyl (C=O) groups is 1. The van der Waals surface area contributed by atoms with Crippen molar-refractivity contribution in [3.63, 3.8) is 0 Å². The van der Waals surface area contributed by atoms with Gasteiger partial charge in [-0.3, -0.25) is 4.79 Å². The molecule has 2 heterocycles. The van der Waals surface area contributed by atoms with E-state index >= 15 is 0 Å². The number of nitrogens with zero attached hydrogens (tertiary/aromatic N) is 1. The Bertz CT molecular complexity index is 570. The van der Waals surface area contributed by atoms with Gasteiger partial charge in [0.1, 0.15) is 12.4 Å². The summed E-state index contributed by atoms with van der Waals surface area (Å²) in [6, 6.07) is 9.00. The van der Waals surface area contributed by atoms with Gasteiger partial charge in [-0.2, -0.15) is 0 Å². The molecule has 2 saturated heterocycles. The summed E-state index contributed by atoms with van der Waals surface area (Å²) in [4.78, 5) is 14.7. The highest BCUT2D eigenvalue weighted by Crippen LogP contribution is 2.32. The Labute approximate surface area is 181 Å². The number of hydrogen-bond donors (Lipinski definition) is 2. The number of carbonyl (C=O) groups excluding carboxylic acids is 1.